The molecule has 1 heterocycles. The second-order valence-corrected chi connectivity index (χ2v) is 12.1. The Labute approximate surface area is 227 Å². The van der Waals surface area contributed by atoms with Gasteiger partial charge in [-0.1, -0.05) is 80.6 Å². The highest BCUT2D eigenvalue weighted by molar-refractivity contribution is 7.89. The van der Waals surface area contributed by atoms with Crippen molar-refractivity contribution in [3.8, 4) is 0 Å². The Kier molecular flexibility index (Phi) is 9.76. The first-order chi connectivity index (χ1) is 18.4. The molecular formula is C30H41N3O4S. The van der Waals surface area contributed by atoms with E-state index in [0.717, 1.165) is 31.5 Å². The standard InChI is InChI=1S/C30H41N3O4S/c1-3-32(4-2)19-10-22-38(35,36)31-28(24-37-23-25-11-6-5-7-12-25)29(34)33-20-17-30(18-21-33)16-15-26-13-8-9-14-27(26)30/h5-9,11-16,28,31H,3-4,10,17-24H2,1-2H3/t28-/m1/s1. The van der Waals surface area contributed by atoms with Gasteiger partial charge in [0.2, 0.25) is 15.9 Å². The first kappa shape index (κ1) is 28.5. The molecule has 1 atom stereocenters. The third-order valence-electron chi connectivity index (χ3n) is 7.84. The molecule has 2 aromatic carbocycles. The Morgan fingerprint density at radius 1 is 1.05 bits per heavy atom. The zero-order valence-electron chi connectivity index (χ0n) is 22.6. The van der Waals surface area contributed by atoms with Crippen molar-refractivity contribution < 1.29 is 17.9 Å². The topological polar surface area (TPSA) is 79.0 Å². The maximum Gasteiger partial charge on any atom is 0.243 e. The molecule has 2 aliphatic rings. The van der Waals surface area contributed by atoms with Gasteiger partial charge in [0.1, 0.15) is 6.04 Å². The van der Waals surface area contributed by atoms with Crippen LogP contribution in [0, 0.1) is 0 Å². The highest BCUT2D eigenvalue weighted by Crippen LogP contribution is 2.43. The summed E-state index contributed by atoms with van der Waals surface area (Å²) in [5, 5.41) is 0. The molecule has 0 aromatic heterocycles. The van der Waals surface area contributed by atoms with Gasteiger partial charge in [0.15, 0.2) is 0 Å². The van der Waals surface area contributed by atoms with E-state index in [-0.39, 0.29) is 23.7 Å². The number of piperidine rings is 1. The second kappa shape index (κ2) is 13.0. The predicted molar refractivity (Wildman–Crippen MR) is 152 cm³/mol. The molecule has 1 aliphatic heterocycles. The summed E-state index contributed by atoms with van der Waals surface area (Å²) in [4.78, 5) is 17.6. The van der Waals surface area contributed by atoms with Crippen molar-refractivity contribution in [2.45, 2.75) is 51.2 Å². The van der Waals surface area contributed by atoms with Gasteiger partial charge in [-0.05, 0) is 55.6 Å². The van der Waals surface area contributed by atoms with E-state index in [2.05, 4.69) is 59.9 Å². The molecule has 0 bridgehead atoms. The minimum atomic E-state index is -3.65. The molecule has 2 aromatic rings. The number of amides is 1. The zero-order chi connectivity index (χ0) is 27.0. The summed E-state index contributed by atoms with van der Waals surface area (Å²) in [6.45, 7) is 8.08. The molecule has 7 nitrogen and oxygen atoms in total. The van der Waals surface area contributed by atoms with E-state index in [1.165, 1.54) is 11.1 Å². The Bertz CT molecular complexity index is 1190. The molecule has 1 spiro atoms. The lowest BCUT2D eigenvalue weighted by molar-refractivity contribution is -0.136. The average Bonchev–Trinajstić information content (AvgIpc) is 3.29. The maximum atomic E-state index is 13.6. The Morgan fingerprint density at radius 3 is 2.45 bits per heavy atom. The Hall–Kier alpha value is -2.52. The lowest BCUT2D eigenvalue weighted by atomic mass is 9.74. The first-order valence-corrected chi connectivity index (χ1v) is 15.4. The first-order valence-electron chi connectivity index (χ1n) is 13.8. The molecule has 206 valence electrons. The van der Waals surface area contributed by atoms with Gasteiger partial charge in [0, 0.05) is 18.5 Å². The van der Waals surface area contributed by atoms with E-state index in [9.17, 15) is 13.2 Å². The number of rotatable bonds is 13. The SMILES string of the molecule is CCN(CC)CCCS(=O)(=O)N[C@H](COCc1ccccc1)C(=O)N1CCC2(C=Cc3ccccc32)CC1. The maximum absolute atomic E-state index is 13.6. The molecule has 1 amide bonds. The average molecular weight is 540 g/mol. The summed E-state index contributed by atoms with van der Waals surface area (Å²) >= 11 is 0. The molecule has 0 radical (unpaired) electrons. The highest BCUT2D eigenvalue weighted by Gasteiger charge is 2.40. The third-order valence-corrected chi connectivity index (χ3v) is 9.31. The number of carbonyl (C=O) groups is 1. The second-order valence-electron chi connectivity index (χ2n) is 10.3. The van der Waals surface area contributed by atoms with Crippen LogP contribution in [0.5, 0.6) is 0 Å². The minimum Gasteiger partial charge on any atom is -0.375 e. The number of hydrogen-bond donors (Lipinski definition) is 1. The summed E-state index contributed by atoms with van der Waals surface area (Å²) in [6, 6.07) is 17.2. The van der Waals surface area contributed by atoms with Gasteiger partial charge >= 0.3 is 0 Å². The molecular weight excluding hydrogens is 498 g/mol. The van der Waals surface area contributed by atoms with E-state index in [1.54, 1.807) is 4.90 Å². The van der Waals surface area contributed by atoms with E-state index < -0.39 is 16.1 Å². The van der Waals surface area contributed by atoms with Gasteiger partial charge < -0.3 is 14.5 Å². The quantitative estimate of drug-likeness (QED) is 0.419. The number of fused-ring (bicyclic) bond motifs is 2. The van der Waals surface area contributed by atoms with E-state index in [0.29, 0.717) is 32.7 Å². The lowest BCUT2D eigenvalue weighted by Crippen LogP contribution is -2.54. The van der Waals surface area contributed by atoms with Crippen molar-refractivity contribution in [2.24, 2.45) is 0 Å². The largest absolute Gasteiger partial charge is 0.375 e. The number of sulfonamides is 1. The van der Waals surface area contributed by atoms with Crippen LogP contribution in [-0.2, 0) is 31.6 Å². The van der Waals surface area contributed by atoms with Crippen molar-refractivity contribution >= 4 is 22.0 Å². The van der Waals surface area contributed by atoms with Crippen LogP contribution in [0.3, 0.4) is 0 Å². The van der Waals surface area contributed by atoms with Crippen LogP contribution in [0.4, 0.5) is 0 Å². The fourth-order valence-corrected chi connectivity index (χ4v) is 6.76. The van der Waals surface area contributed by atoms with Crippen molar-refractivity contribution in [3.63, 3.8) is 0 Å². The highest BCUT2D eigenvalue weighted by atomic mass is 32.2. The van der Waals surface area contributed by atoms with Gasteiger partial charge in [0.25, 0.3) is 0 Å². The summed E-state index contributed by atoms with van der Waals surface area (Å²) in [7, 11) is -3.65. The van der Waals surface area contributed by atoms with Crippen LogP contribution in [-0.4, -0.2) is 75.3 Å². The fraction of sp³-hybridized carbons (Fsp3) is 0.500. The Balaban J connectivity index is 1.39. The van der Waals surface area contributed by atoms with E-state index in [4.69, 9.17) is 4.74 Å². The van der Waals surface area contributed by atoms with Crippen LogP contribution in [0.1, 0.15) is 49.8 Å². The van der Waals surface area contributed by atoms with Crippen molar-refractivity contribution in [2.75, 3.05) is 45.1 Å². The number of nitrogens with one attached hydrogen (secondary N) is 1. The van der Waals surface area contributed by atoms with Crippen LogP contribution in [0.25, 0.3) is 6.08 Å². The molecule has 1 fully saturated rings. The van der Waals surface area contributed by atoms with Crippen LogP contribution in [0.15, 0.2) is 60.7 Å². The van der Waals surface area contributed by atoms with Gasteiger partial charge in [-0.3, -0.25) is 4.79 Å². The number of ether oxygens (including phenoxy) is 1. The number of benzene rings is 2. The molecule has 8 heteroatoms. The van der Waals surface area contributed by atoms with Gasteiger partial charge in [0.05, 0.1) is 19.0 Å². The van der Waals surface area contributed by atoms with Crippen LogP contribution in [0.2, 0.25) is 0 Å². The lowest BCUT2D eigenvalue weighted by Gasteiger charge is -2.40. The number of hydrogen-bond acceptors (Lipinski definition) is 5. The zero-order valence-corrected chi connectivity index (χ0v) is 23.5. The smallest absolute Gasteiger partial charge is 0.243 e. The number of nitrogens with zero attached hydrogens (tertiary/aromatic N) is 2. The number of likely N-dealkylation sites (tertiary alicyclic amines) is 1. The van der Waals surface area contributed by atoms with Crippen LogP contribution < -0.4 is 4.72 Å². The minimum absolute atomic E-state index is 0.00657. The van der Waals surface area contributed by atoms with Crippen molar-refractivity contribution in [1.82, 2.24) is 14.5 Å². The molecule has 1 aliphatic carbocycles. The summed E-state index contributed by atoms with van der Waals surface area (Å²) < 4.78 is 34.5. The fourth-order valence-electron chi connectivity index (χ4n) is 5.54. The monoisotopic (exact) mass is 539 g/mol. The predicted octanol–water partition coefficient (Wildman–Crippen LogP) is 3.81. The van der Waals surface area contributed by atoms with Gasteiger partial charge in [-0.25, -0.2) is 13.1 Å². The number of carbonyl (C=O) groups excluding carboxylic acids is 1. The van der Waals surface area contributed by atoms with Gasteiger partial charge in [-0.2, -0.15) is 0 Å². The van der Waals surface area contributed by atoms with Crippen molar-refractivity contribution in [3.05, 3.63) is 77.4 Å². The van der Waals surface area contributed by atoms with E-state index in [1.807, 2.05) is 30.3 Å². The summed E-state index contributed by atoms with van der Waals surface area (Å²) in [5.41, 5.74) is 3.50. The number of allylic oxidation sites excluding steroid dienone is 1. The normalized spacial score (nSPS) is 17.2. The molecule has 4 rings (SSSR count). The van der Waals surface area contributed by atoms with Crippen molar-refractivity contribution in [1.29, 1.82) is 0 Å². The summed E-state index contributed by atoms with van der Waals surface area (Å²) in [6.07, 6.45) is 6.61. The van der Waals surface area contributed by atoms with Gasteiger partial charge in [-0.15, -0.1) is 0 Å². The summed E-state index contributed by atoms with van der Waals surface area (Å²) in [5.74, 6) is -0.230. The molecule has 1 saturated heterocycles. The molecule has 1 N–H and O–H groups in total. The molecule has 0 unspecified atom stereocenters. The molecule has 0 saturated carbocycles. The molecule has 38 heavy (non-hydrogen) atoms. The van der Waals surface area contributed by atoms with Crippen LogP contribution >= 0.6 is 0 Å². The third kappa shape index (κ3) is 7.11. The Morgan fingerprint density at radius 2 is 1.74 bits per heavy atom. The van der Waals surface area contributed by atoms with E-state index >= 15 is 0 Å².